The van der Waals surface area contributed by atoms with Crippen LogP contribution < -0.4 is 16.4 Å². The number of aromatic amines is 1. The second-order valence-electron chi connectivity index (χ2n) is 8.25. The molecule has 10 nitrogen and oxygen atoms in total. The Balaban J connectivity index is 1.79. The van der Waals surface area contributed by atoms with Gasteiger partial charge in [0.05, 0.1) is 6.04 Å². The van der Waals surface area contributed by atoms with Crippen molar-refractivity contribution in [1.29, 1.82) is 0 Å². The largest absolute Gasteiger partial charge is 0.481 e. The minimum absolute atomic E-state index is 0.0633. The first-order valence-electron chi connectivity index (χ1n) is 11.1. The number of aromatic nitrogens is 1. The maximum absolute atomic E-state index is 13.2. The van der Waals surface area contributed by atoms with Crippen molar-refractivity contribution in [1.82, 2.24) is 15.6 Å². The molecule has 3 atom stereocenters. The summed E-state index contributed by atoms with van der Waals surface area (Å²) in [6.45, 7) is 0. The Morgan fingerprint density at radius 3 is 2.20 bits per heavy atom. The van der Waals surface area contributed by atoms with E-state index in [-0.39, 0.29) is 25.7 Å². The van der Waals surface area contributed by atoms with Crippen molar-refractivity contribution in [2.45, 2.75) is 43.8 Å². The molecule has 7 N–H and O–H groups in total. The number of hydrogen-bond acceptors (Lipinski definition) is 5. The first kappa shape index (κ1) is 25.4. The molecule has 2 amide bonds. The first-order valence-corrected chi connectivity index (χ1v) is 11.1. The van der Waals surface area contributed by atoms with Gasteiger partial charge in [0.25, 0.3) is 0 Å². The highest BCUT2D eigenvalue weighted by Crippen LogP contribution is 2.19. The van der Waals surface area contributed by atoms with Crippen LogP contribution in [0.4, 0.5) is 0 Å². The van der Waals surface area contributed by atoms with Crippen LogP contribution >= 0.6 is 0 Å². The number of carbonyl (C=O) groups is 4. The van der Waals surface area contributed by atoms with Crippen LogP contribution in [-0.4, -0.2) is 57.1 Å². The van der Waals surface area contributed by atoms with E-state index in [2.05, 4.69) is 15.6 Å². The Hall–Kier alpha value is -4.18. The normalized spacial score (nSPS) is 13.5. The zero-order valence-electron chi connectivity index (χ0n) is 18.9. The van der Waals surface area contributed by atoms with E-state index in [1.54, 1.807) is 36.5 Å². The molecule has 0 aliphatic rings. The molecule has 1 heterocycles. The Kier molecular flexibility index (Phi) is 8.58. The lowest BCUT2D eigenvalue weighted by Gasteiger charge is -2.23. The fourth-order valence-electron chi connectivity index (χ4n) is 3.74. The number of nitrogens with two attached hydrogens (primary N) is 1. The predicted octanol–water partition coefficient (Wildman–Crippen LogP) is 1.20. The minimum atomic E-state index is -1.21. The van der Waals surface area contributed by atoms with E-state index >= 15 is 0 Å². The lowest BCUT2D eigenvalue weighted by molar-refractivity contribution is -0.142. The number of para-hydroxylation sites is 1. The molecular formula is C25H28N4O6. The monoisotopic (exact) mass is 480 g/mol. The summed E-state index contributed by atoms with van der Waals surface area (Å²) in [6.07, 6.45) is 1.46. The van der Waals surface area contributed by atoms with Crippen molar-refractivity contribution < 1.29 is 29.4 Å². The number of aliphatic carboxylic acids is 2. The number of rotatable bonds is 12. The van der Waals surface area contributed by atoms with Gasteiger partial charge in [-0.1, -0.05) is 48.5 Å². The summed E-state index contributed by atoms with van der Waals surface area (Å²) in [4.78, 5) is 51.6. The number of nitrogens with one attached hydrogen (secondary N) is 3. The van der Waals surface area contributed by atoms with Gasteiger partial charge in [-0.05, 0) is 23.6 Å². The smallest absolute Gasteiger partial charge is 0.326 e. The van der Waals surface area contributed by atoms with Crippen molar-refractivity contribution >= 4 is 34.7 Å². The number of fused-ring (bicyclic) bond motifs is 1. The Morgan fingerprint density at radius 1 is 0.857 bits per heavy atom. The quantitative estimate of drug-likeness (QED) is 0.226. The molecule has 2 aromatic carbocycles. The Bertz CT molecular complexity index is 1190. The van der Waals surface area contributed by atoms with Crippen molar-refractivity contribution in [3.8, 4) is 0 Å². The van der Waals surface area contributed by atoms with Crippen LogP contribution in [0, 0.1) is 0 Å². The lowest BCUT2D eigenvalue weighted by atomic mass is 10.0. The maximum Gasteiger partial charge on any atom is 0.326 e. The highest BCUT2D eigenvalue weighted by Gasteiger charge is 2.29. The highest BCUT2D eigenvalue weighted by atomic mass is 16.4. The minimum Gasteiger partial charge on any atom is -0.481 e. The molecule has 0 fully saturated rings. The molecule has 0 radical (unpaired) electrons. The van der Waals surface area contributed by atoms with Gasteiger partial charge in [0.1, 0.15) is 12.1 Å². The summed E-state index contributed by atoms with van der Waals surface area (Å²) in [5.41, 5.74) is 8.14. The zero-order valence-corrected chi connectivity index (χ0v) is 18.9. The topological polar surface area (TPSA) is 175 Å². The number of hydrogen-bond donors (Lipinski definition) is 6. The van der Waals surface area contributed by atoms with E-state index in [1.807, 2.05) is 24.3 Å². The summed E-state index contributed by atoms with van der Waals surface area (Å²) in [5, 5.41) is 24.5. The van der Waals surface area contributed by atoms with Crippen LogP contribution in [0.15, 0.2) is 60.8 Å². The van der Waals surface area contributed by atoms with Crippen LogP contribution in [0.2, 0.25) is 0 Å². The SMILES string of the molecule is NC(CCC(=O)O)C(=O)NC(Cc1c[nH]c2ccccc12)C(=O)NC(Cc1ccccc1)C(=O)O. The molecule has 3 rings (SSSR count). The lowest BCUT2D eigenvalue weighted by Crippen LogP contribution is -2.55. The van der Waals surface area contributed by atoms with Crippen LogP contribution in [0.3, 0.4) is 0 Å². The third-order valence-electron chi connectivity index (χ3n) is 5.64. The Morgan fingerprint density at radius 2 is 1.51 bits per heavy atom. The van der Waals surface area contributed by atoms with Gasteiger partial charge in [-0.2, -0.15) is 0 Å². The van der Waals surface area contributed by atoms with E-state index in [0.717, 1.165) is 22.0 Å². The second-order valence-corrected chi connectivity index (χ2v) is 8.25. The van der Waals surface area contributed by atoms with Crippen LogP contribution in [-0.2, 0) is 32.0 Å². The number of benzene rings is 2. The molecule has 1 aromatic heterocycles. The van der Waals surface area contributed by atoms with E-state index in [1.165, 1.54) is 0 Å². The highest BCUT2D eigenvalue weighted by molar-refractivity contribution is 5.93. The molecule has 0 saturated heterocycles. The van der Waals surface area contributed by atoms with Gasteiger partial charge in [-0.25, -0.2) is 4.79 Å². The van der Waals surface area contributed by atoms with Gasteiger partial charge in [0, 0.05) is 36.4 Å². The fraction of sp³-hybridized carbons (Fsp3) is 0.280. The molecule has 3 aromatic rings. The average Bonchev–Trinajstić information content (AvgIpc) is 3.24. The van der Waals surface area contributed by atoms with Crippen molar-refractivity contribution in [2.75, 3.05) is 0 Å². The van der Waals surface area contributed by atoms with E-state index in [9.17, 15) is 24.3 Å². The fourth-order valence-corrected chi connectivity index (χ4v) is 3.74. The van der Waals surface area contributed by atoms with Gasteiger partial charge in [0.2, 0.25) is 11.8 Å². The number of H-pyrrole nitrogens is 1. The number of amides is 2. The summed E-state index contributed by atoms with van der Waals surface area (Å²) in [7, 11) is 0. The third-order valence-corrected chi connectivity index (χ3v) is 5.64. The standard InChI is InChI=1S/C25H28N4O6/c26-18(10-11-22(30)31)23(32)28-20(13-16-14-27-19-9-5-4-8-17(16)19)24(33)29-21(25(34)35)12-15-6-2-1-3-7-15/h1-9,14,18,20-21,27H,10-13,26H2,(H,28,32)(H,29,33)(H,30,31)(H,34,35). The van der Waals surface area contributed by atoms with Crippen LogP contribution in [0.25, 0.3) is 10.9 Å². The van der Waals surface area contributed by atoms with Gasteiger partial charge >= 0.3 is 11.9 Å². The third kappa shape index (κ3) is 7.15. The van der Waals surface area contributed by atoms with Crippen molar-refractivity contribution in [2.24, 2.45) is 5.73 Å². The van der Waals surface area contributed by atoms with Gasteiger partial charge in [0.15, 0.2) is 0 Å². The average molecular weight is 481 g/mol. The predicted molar refractivity (Wildman–Crippen MR) is 128 cm³/mol. The second kappa shape index (κ2) is 11.8. The van der Waals surface area contributed by atoms with E-state index in [0.29, 0.717) is 0 Å². The molecule has 0 aliphatic heterocycles. The molecular weight excluding hydrogens is 452 g/mol. The Labute approximate surface area is 201 Å². The summed E-state index contributed by atoms with van der Waals surface area (Å²) >= 11 is 0. The first-order chi connectivity index (χ1) is 16.7. The molecule has 3 unspecified atom stereocenters. The van der Waals surface area contributed by atoms with Crippen molar-refractivity contribution in [3.63, 3.8) is 0 Å². The number of carboxylic acid groups (broad SMARTS) is 2. The van der Waals surface area contributed by atoms with Crippen molar-refractivity contribution in [3.05, 3.63) is 71.9 Å². The van der Waals surface area contributed by atoms with Gasteiger partial charge in [-0.15, -0.1) is 0 Å². The molecule has 0 bridgehead atoms. The summed E-state index contributed by atoms with van der Waals surface area (Å²) in [6, 6.07) is 12.8. The molecule has 0 aliphatic carbocycles. The van der Waals surface area contributed by atoms with E-state index < -0.39 is 41.9 Å². The van der Waals surface area contributed by atoms with E-state index in [4.69, 9.17) is 10.8 Å². The van der Waals surface area contributed by atoms with Crippen LogP contribution in [0.1, 0.15) is 24.0 Å². The molecule has 184 valence electrons. The molecule has 0 saturated carbocycles. The number of carboxylic acids is 2. The maximum atomic E-state index is 13.2. The van der Waals surface area contributed by atoms with Gasteiger partial charge in [-0.3, -0.25) is 14.4 Å². The molecule has 0 spiro atoms. The molecule has 10 heteroatoms. The zero-order chi connectivity index (χ0) is 25.4. The van der Waals surface area contributed by atoms with Gasteiger partial charge < -0.3 is 31.6 Å². The molecule has 35 heavy (non-hydrogen) atoms. The summed E-state index contributed by atoms with van der Waals surface area (Å²) < 4.78 is 0. The summed E-state index contributed by atoms with van der Waals surface area (Å²) in [5.74, 6) is -3.68. The number of carbonyl (C=O) groups excluding carboxylic acids is 2. The van der Waals surface area contributed by atoms with Crippen LogP contribution in [0.5, 0.6) is 0 Å².